The van der Waals surface area contributed by atoms with Gasteiger partial charge in [-0.2, -0.15) is 0 Å². The number of hydrogen-bond acceptors (Lipinski definition) is 7. The average molecular weight is 322 g/mol. The summed E-state index contributed by atoms with van der Waals surface area (Å²) in [7, 11) is 0. The van der Waals surface area contributed by atoms with Crippen LogP contribution in [0.5, 0.6) is 5.75 Å². The smallest absolute Gasteiger partial charge is 0.344 e. The first-order chi connectivity index (χ1) is 11.0. The van der Waals surface area contributed by atoms with Crippen molar-refractivity contribution in [2.24, 2.45) is 0 Å². The Morgan fingerprint density at radius 1 is 1.04 bits per heavy atom. The molecule has 1 rings (SSSR count). The number of ketones is 1. The Balaban J connectivity index is 2.93. The number of benzene rings is 1. The number of hydrogen-bond donors (Lipinski definition) is 0. The van der Waals surface area contributed by atoms with E-state index in [4.69, 9.17) is 14.2 Å². The number of ether oxygens (including phenoxy) is 3. The third-order valence-electron chi connectivity index (χ3n) is 2.70. The van der Waals surface area contributed by atoms with E-state index < -0.39 is 24.1 Å². The minimum atomic E-state index is -0.676. The lowest BCUT2D eigenvalue weighted by Gasteiger charge is -2.11. The molecule has 0 fully saturated rings. The molecule has 7 nitrogen and oxygen atoms in total. The first-order valence-corrected chi connectivity index (χ1v) is 7.08. The summed E-state index contributed by atoms with van der Waals surface area (Å²) in [5.41, 5.74) is 0.285. The molecule has 7 heteroatoms. The molecule has 124 valence electrons. The minimum absolute atomic E-state index is 0.0342. The van der Waals surface area contributed by atoms with Crippen molar-refractivity contribution >= 4 is 24.0 Å². The number of aldehydes is 1. The molecule has 0 saturated heterocycles. The van der Waals surface area contributed by atoms with Gasteiger partial charge in [-0.3, -0.25) is 14.4 Å². The van der Waals surface area contributed by atoms with Gasteiger partial charge in [0.2, 0.25) is 0 Å². The Hall–Kier alpha value is -2.70. The van der Waals surface area contributed by atoms with Gasteiger partial charge >= 0.3 is 11.9 Å². The van der Waals surface area contributed by atoms with E-state index in [1.807, 2.05) is 0 Å². The van der Waals surface area contributed by atoms with Crippen LogP contribution in [0.25, 0.3) is 0 Å². The van der Waals surface area contributed by atoms with Gasteiger partial charge in [0.1, 0.15) is 18.5 Å². The van der Waals surface area contributed by atoms with E-state index in [9.17, 15) is 19.2 Å². The van der Waals surface area contributed by atoms with Gasteiger partial charge in [-0.05, 0) is 32.0 Å². The summed E-state index contributed by atoms with van der Waals surface area (Å²) in [6.45, 7) is 3.27. The minimum Gasteiger partial charge on any atom is -0.481 e. The van der Waals surface area contributed by atoms with E-state index in [-0.39, 0.29) is 36.7 Å². The highest BCUT2D eigenvalue weighted by atomic mass is 16.6. The molecule has 0 aromatic heterocycles. The first kappa shape index (κ1) is 18.3. The van der Waals surface area contributed by atoms with Crippen molar-refractivity contribution in [1.82, 2.24) is 0 Å². The Morgan fingerprint density at radius 2 is 1.70 bits per heavy atom. The molecule has 1 aromatic carbocycles. The van der Waals surface area contributed by atoms with Crippen molar-refractivity contribution in [2.75, 3.05) is 19.8 Å². The van der Waals surface area contributed by atoms with Gasteiger partial charge in [0.15, 0.2) is 12.4 Å². The number of carbonyl (C=O) groups is 4. The van der Waals surface area contributed by atoms with Crippen LogP contribution in [-0.2, 0) is 19.1 Å². The summed E-state index contributed by atoms with van der Waals surface area (Å²) in [5.74, 6) is -1.73. The van der Waals surface area contributed by atoms with Gasteiger partial charge in [-0.15, -0.1) is 0 Å². The number of esters is 2. The van der Waals surface area contributed by atoms with Crippen LogP contribution in [0.1, 0.15) is 41.0 Å². The molecule has 23 heavy (non-hydrogen) atoms. The molecule has 0 saturated carbocycles. The van der Waals surface area contributed by atoms with Crippen molar-refractivity contribution in [3.63, 3.8) is 0 Å². The highest BCUT2D eigenvalue weighted by molar-refractivity contribution is 6.08. The topological polar surface area (TPSA) is 96.0 Å². The van der Waals surface area contributed by atoms with E-state index in [0.29, 0.717) is 6.29 Å². The lowest BCUT2D eigenvalue weighted by Crippen LogP contribution is -2.17. The van der Waals surface area contributed by atoms with Gasteiger partial charge in [0.05, 0.1) is 18.8 Å². The zero-order chi connectivity index (χ0) is 17.2. The van der Waals surface area contributed by atoms with Crippen LogP contribution in [0.2, 0.25) is 0 Å². The van der Waals surface area contributed by atoms with E-state index in [2.05, 4.69) is 0 Å². The normalized spacial score (nSPS) is 9.83. The maximum Gasteiger partial charge on any atom is 0.344 e. The zero-order valence-electron chi connectivity index (χ0n) is 13.0. The molecule has 1 aromatic rings. The molecule has 0 N–H and O–H groups in total. The monoisotopic (exact) mass is 322 g/mol. The Bertz CT molecular complexity index is 592. The molecule has 0 atom stereocenters. The number of rotatable bonds is 9. The van der Waals surface area contributed by atoms with Crippen LogP contribution in [0.15, 0.2) is 18.2 Å². The first-order valence-electron chi connectivity index (χ1n) is 7.08. The fourth-order valence-electron chi connectivity index (χ4n) is 1.74. The van der Waals surface area contributed by atoms with Crippen LogP contribution in [-0.4, -0.2) is 43.8 Å². The van der Waals surface area contributed by atoms with E-state index in [1.54, 1.807) is 13.8 Å². The van der Waals surface area contributed by atoms with Gasteiger partial charge in [-0.1, -0.05) is 0 Å². The van der Waals surface area contributed by atoms with Crippen LogP contribution in [0.3, 0.4) is 0 Å². The summed E-state index contributed by atoms with van der Waals surface area (Å²) in [5, 5.41) is 0. The van der Waals surface area contributed by atoms with Gasteiger partial charge in [0.25, 0.3) is 0 Å². The molecule has 0 unspecified atom stereocenters. The van der Waals surface area contributed by atoms with Crippen molar-refractivity contribution in [3.05, 3.63) is 29.3 Å². The Morgan fingerprint density at radius 3 is 2.30 bits per heavy atom. The molecule has 0 spiro atoms. The maximum absolute atomic E-state index is 12.2. The molecular weight excluding hydrogens is 304 g/mol. The summed E-state index contributed by atoms with van der Waals surface area (Å²) >= 11 is 0. The second kappa shape index (κ2) is 9.34. The maximum atomic E-state index is 12.2. The van der Waals surface area contributed by atoms with Crippen molar-refractivity contribution < 1.29 is 33.4 Å². The summed E-state index contributed by atoms with van der Waals surface area (Å²) in [6, 6.07) is 4.13. The third kappa shape index (κ3) is 5.90. The fourth-order valence-corrected chi connectivity index (χ4v) is 1.74. The Labute approximate surface area is 133 Å². The zero-order valence-corrected chi connectivity index (χ0v) is 13.0. The van der Waals surface area contributed by atoms with Gasteiger partial charge in [0, 0.05) is 5.56 Å². The van der Waals surface area contributed by atoms with Gasteiger partial charge in [-0.25, -0.2) is 4.79 Å². The molecule has 0 aliphatic rings. The predicted molar refractivity (Wildman–Crippen MR) is 79.5 cm³/mol. The van der Waals surface area contributed by atoms with E-state index in [0.717, 1.165) is 0 Å². The molecule has 0 radical (unpaired) electrons. The van der Waals surface area contributed by atoms with Gasteiger partial charge < -0.3 is 14.2 Å². The standard InChI is InChI=1S/C16H18O7/c1-3-21-15(19)8-13(18)12-7-11(9-17)5-6-14(12)23-10-16(20)22-4-2/h5-7,9H,3-4,8,10H2,1-2H3. The quantitative estimate of drug-likeness (QED) is 0.295. The highest BCUT2D eigenvalue weighted by Crippen LogP contribution is 2.22. The summed E-state index contributed by atoms with van der Waals surface area (Å²) < 4.78 is 14.7. The second-order valence-corrected chi connectivity index (χ2v) is 4.37. The second-order valence-electron chi connectivity index (χ2n) is 4.37. The molecule has 0 amide bonds. The van der Waals surface area contributed by atoms with Crippen LogP contribution >= 0.6 is 0 Å². The molecule has 0 heterocycles. The third-order valence-corrected chi connectivity index (χ3v) is 2.70. The molecule has 0 aliphatic carbocycles. The predicted octanol–water partition coefficient (Wildman–Crippen LogP) is 1.58. The number of carbonyl (C=O) groups excluding carboxylic acids is 4. The lowest BCUT2D eigenvalue weighted by molar-refractivity contribution is -0.145. The molecule has 0 aliphatic heterocycles. The fraction of sp³-hybridized carbons (Fsp3) is 0.375. The average Bonchev–Trinajstić information content (AvgIpc) is 2.53. The summed E-state index contributed by atoms with van der Waals surface area (Å²) in [4.78, 5) is 45.8. The molecular formula is C16H18O7. The number of Topliss-reactive ketones (excluding diaryl/α,β-unsaturated/α-hetero) is 1. The van der Waals surface area contributed by atoms with Crippen LogP contribution in [0, 0.1) is 0 Å². The Kier molecular flexibility index (Phi) is 7.45. The lowest BCUT2D eigenvalue weighted by atomic mass is 10.0. The van der Waals surface area contributed by atoms with E-state index in [1.165, 1.54) is 18.2 Å². The van der Waals surface area contributed by atoms with Crippen LogP contribution < -0.4 is 4.74 Å². The SMILES string of the molecule is CCOC(=O)COc1ccc(C=O)cc1C(=O)CC(=O)OCC. The van der Waals surface area contributed by atoms with E-state index >= 15 is 0 Å². The summed E-state index contributed by atoms with van der Waals surface area (Å²) in [6.07, 6.45) is 0.0855. The van der Waals surface area contributed by atoms with Crippen molar-refractivity contribution in [2.45, 2.75) is 20.3 Å². The highest BCUT2D eigenvalue weighted by Gasteiger charge is 2.18. The van der Waals surface area contributed by atoms with Crippen LogP contribution in [0.4, 0.5) is 0 Å². The van der Waals surface area contributed by atoms with Crippen molar-refractivity contribution in [3.8, 4) is 5.75 Å². The molecule has 0 bridgehead atoms. The largest absolute Gasteiger partial charge is 0.481 e. The van der Waals surface area contributed by atoms with Crippen molar-refractivity contribution in [1.29, 1.82) is 0 Å².